The Morgan fingerprint density at radius 2 is 1.25 bits per heavy atom. The van der Waals surface area contributed by atoms with Gasteiger partial charge in [0.2, 0.25) is 0 Å². The Morgan fingerprint density at radius 3 is 1.50 bits per heavy atom. The van der Waals surface area contributed by atoms with Crippen molar-refractivity contribution in [2.24, 2.45) is 17.8 Å². The summed E-state index contributed by atoms with van der Waals surface area (Å²) in [7, 11) is 0. The van der Waals surface area contributed by atoms with Gasteiger partial charge in [0.05, 0.1) is 0 Å². The summed E-state index contributed by atoms with van der Waals surface area (Å²) in [6, 6.07) is 0. The molecule has 0 aliphatic heterocycles. The third-order valence-corrected chi connectivity index (χ3v) is 3.22. The van der Waals surface area contributed by atoms with Crippen LogP contribution >= 0.6 is 0 Å². The number of aliphatic hydroxyl groups excluding tert-OH is 1. The third-order valence-electron chi connectivity index (χ3n) is 3.22. The molecule has 1 radical (unpaired) electrons. The fraction of sp³-hybridized carbons (Fsp3) is 0.950. The summed E-state index contributed by atoms with van der Waals surface area (Å²) in [6.07, 6.45) is 6.64. The van der Waals surface area contributed by atoms with Gasteiger partial charge in [-0.25, -0.2) is 0 Å². The molecule has 0 fully saturated rings. The fourth-order valence-electron chi connectivity index (χ4n) is 1.89. The number of ether oxygens (including phenoxy) is 2. The van der Waals surface area contributed by atoms with Gasteiger partial charge >= 0.3 is 0 Å². The van der Waals surface area contributed by atoms with Crippen LogP contribution < -0.4 is 0 Å². The van der Waals surface area contributed by atoms with E-state index in [2.05, 4.69) is 41.5 Å². The average molecular weight is 420 g/mol. The summed E-state index contributed by atoms with van der Waals surface area (Å²) in [5, 5.41) is 8.07. The van der Waals surface area contributed by atoms with Crippen LogP contribution in [-0.4, -0.2) is 38.1 Å². The van der Waals surface area contributed by atoms with Crippen LogP contribution in [-0.2, 0) is 42.2 Å². The van der Waals surface area contributed by atoms with E-state index >= 15 is 0 Å². The van der Waals surface area contributed by atoms with E-state index in [1.54, 1.807) is 0 Å². The quantitative estimate of drug-likeness (QED) is 0.313. The zero-order valence-corrected chi connectivity index (χ0v) is 19.9. The predicted octanol–water partition coefficient (Wildman–Crippen LogP) is 5.12. The van der Waals surface area contributed by atoms with Crippen molar-refractivity contribution >= 4 is 0 Å². The van der Waals surface area contributed by atoms with Gasteiger partial charge in [-0.1, -0.05) is 53.9 Å². The maximum Gasteiger partial charge on any atom is 0.0488 e. The molecule has 145 valence electrons. The number of unbranched alkanes of at least 4 members (excludes halogenated alkanes) is 1. The Kier molecular flexibility index (Phi) is 29.7. The standard InChI is InChI=1S/C16H33O2.C4H10O.Y/c1-14(2)12-17-10-6-8-16(5)9-7-11-18-13-15(3)4;1-2-3-4-5;/h14-16H,5-13H2,1-4H3;5H,2-4H2,1H3;/q-1;;. The van der Waals surface area contributed by atoms with E-state index in [1.165, 1.54) is 12.8 Å². The monoisotopic (exact) mass is 420 g/mol. The first-order valence-electron chi connectivity index (χ1n) is 9.53. The molecule has 1 N–H and O–H groups in total. The Balaban J connectivity index is -0.000000639. The Hall–Kier alpha value is 0.984. The average Bonchev–Trinajstić information content (AvgIpc) is 2.47. The topological polar surface area (TPSA) is 38.7 Å². The Morgan fingerprint density at radius 1 is 0.833 bits per heavy atom. The summed E-state index contributed by atoms with van der Waals surface area (Å²) >= 11 is 0. The molecule has 0 aliphatic rings. The molecule has 3 nitrogen and oxygen atoms in total. The minimum atomic E-state index is 0. The molecule has 24 heavy (non-hydrogen) atoms. The third kappa shape index (κ3) is 30.8. The Bertz CT molecular complexity index is 191. The summed E-state index contributed by atoms with van der Waals surface area (Å²) in [4.78, 5) is 0. The van der Waals surface area contributed by atoms with Crippen molar-refractivity contribution in [2.75, 3.05) is 33.0 Å². The first kappa shape index (κ1) is 29.7. The van der Waals surface area contributed by atoms with Gasteiger partial charge in [-0.3, -0.25) is 0 Å². The molecule has 0 unspecified atom stereocenters. The van der Waals surface area contributed by atoms with Crippen LogP contribution in [0.15, 0.2) is 0 Å². The van der Waals surface area contributed by atoms with Gasteiger partial charge in [-0.2, -0.15) is 5.92 Å². The van der Waals surface area contributed by atoms with Gasteiger partial charge in [0.1, 0.15) is 0 Å². The van der Waals surface area contributed by atoms with Crippen LogP contribution in [0.5, 0.6) is 0 Å². The molecule has 4 heteroatoms. The van der Waals surface area contributed by atoms with Crippen molar-refractivity contribution in [1.82, 2.24) is 0 Å². The summed E-state index contributed by atoms with van der Waals surface area (Å²) < 4.78 is 11.1. The van der Waals surface area contributed by atoms with E-state index in [0.29, 0.717) is 24.4 Å². The second-order valence-corrected chi connectivity index (χ2v) is 7.17. The zero-order chi connectivity index (χ0) is 17.9. The summed E-state index contributed by atoms with van der Waals surface area (Å²) in [6.45, 7) is 18.8. The molecule has 0 bridgehead atoms. The molecular weight excluding hydrogens is 377 g/mol. The van der Waals surface area contributed by atoms with E-state index in [9.17, 15) is 0 Å². The van der Waals surface area contributed by atoms with Gasteiger partial charge in [0, 0.05) is 65.7 Å². The van der Waals surface area contributed by atoms with Crippen LogP contribution in [0.4, 0.5) is 0 Å². The normalized spacial score (nSPS) is 10.8. The van der Waals surface area contributed by atoms with Gasteiger partial charge in [0.25, 0.3) is 0 Å². The van der Waals surface area contributed by atoms with Gasteiger partial charge in [-0.15, -0.1) is 0 Å². The van der Waals surface area contributed by atoms with Crippen LogP contribution in [0.2, 0.25) is 0 Å². The predicted molar refractivity (Wildman–Crippen MR) is 101 cm³/mol. The molecule has 0 amide bonds. The van der Waals surface area contributed by atoms with Crippen LogP contribution in [0.25, 0.3) is 0 Å². The molecule has 0 saturated carbocycles. The number of hydrogen-bond donors (Lipinski definition) is 1. The van der Waals surface area contributed by atoms with Gasteiger partial charge < -0.3 is 21.5 Å². The first-order chi connectivity index (χ1) is 10.9. The van der Waals surface area contributed by atoms with Gasteiger partial charge in [-0.05, 0) is 31.1 Å². The van der Waals surface area contributed by atoms with Gasteiger partial charge in [0.15, 0.2) is 0 Å². The minimum absolute atomic E-state index is 0. The second kappa shape index (κ2) is 24.0. The number of hydrogen-bond acceptors (Lipinski definition) is 3. The maximum absolute atomic E-state index is 8.07. The van der Waals surface area contributed by atoms with E-state index < -0.39 is 0 Å². The van der Waals surface area contributed by atoms with Crippen molar-refractivity contribution in [2.45, 2.75) is 73.1 Å². The van der Waals surface area contributed by atoms with Crippen LogP contribution in [0, 0.1) is 24.7 Å². The Labute approximate surface area is 177 Å². The van der Waals surface area contributed by atoms with Crippen LogP contribution in [0.3, 0.4) is 0 Å². The molecular formula is C20H43O3Y-. The molecule has 0 spiro atoms. The minimum Gasteiger partial charge on any atom is -0.396 e. The van der Waals surface area contributed by atoms with E-state index in [4.69, 9.17) is 14.6 Å². The van der Waals surface area contributed by atoms with Crippen molar-refractivity contribution in [3.63, 3.8) is 0 Å². The number of aliphatic hydroxyl groups is 1. The smallest absolute Gasteiger partial charge is 0.0488 e. The second-order valence-electron chi connectivity index (χ2n) is 7.17. The molecule has 0 rings (SSSR count). The molecule has 0 atom stereocenters. The molecule has 0 aromatic carbocycles. The summed E-state index contributed by atoms with van der Waals surface area (Å²) in [5.74, 6) is 1.83. The largest absolute Gasteiger partial charge is 0.396 e. The molecule has 0 heterocycles. The van der Waals surface area contributed by atoms with E-state index in [1.807, 2.05) is 0 Å². The molecule has 0 aromatic rings. The van der Waals surface area contributed by atoms with Crippen LogP contribution in [0.1, 0.15) is 73.1 Å². The van der Waals surface area contributed by atoms with Crippen molar-refractivity contribution in [3.8, 4) is 0 Å². The van der Waals surface area contributed by atoms with E-state index in [0.717, 1.165) is 52.1 Å². The molecule has 0 aliphatic carbocycles. The SMILES string of the molecule is CCCCO.[CH2-]C(CCCOCC(C)C)CCCOCC(C)C.[Y]. The zero-order valence-electron chi connectivity index (χ0n) is 17.1. The van der Waals surface area contributed by atoms with Crippen molar-refractivity contribution in [3.05, 3.63) is 6.92 Å². The molecule has 0 saturated heterocycles. The fourth-order valence-corrected chi connectivity index (χ4v) is 1.89. The number of rotatable bonds is 14. The first-order valence-corrected chi connectivity index (χ1v) is 9.53. The van der Waals surface area contributed by atoms with Crippen molar-refractivity contribution in [1.29, 1.82) is 0 Å². The van der Waals surface area contributed by atoms with E-state index in [-0.39, 0.29) is 32.7 Å². The summed E-state index contributed by atoms with van der Waals surface area (Å²) in [5.41, 5.74) is 0. The molecule has 0 aromatic heterocycles. The van der Waals surface area contributed by atoms with Crippen molar-refractivity contribution < 1.29 is 47.3 Å². The maximum atomic E-state index is 8.07.